The summed E-state index contributed by atoms with van der Waals surface area (Å²) in [6.45, 7) is 5.40. The van der Waals surface area contributed by atoms with Crippen LogP contribution in [0.1, 0.15) is 42.7 Å². The van der Waals surface area contributed by atoms with Gasteiger partial charge in [0.1, 0.15) is 11.3 Å². The summed E-state index contributed by atoms with van der Waals surface area (Å²) in [6, 6.07) is 3.03. The van der Waals surface area contributed by atoms with Crippen molar-refractivity contribution < 1.29 is 44.5 Å². The summed E-state index contributed by atoms with van der Waals surface area (Å²) in [7, 11) is -6.02. The Balaban J connectivity index is 2.04. The third kappa shape index (κ3) is 3.54. The van der Waals surface area contributed by atoms with Crippen LogP contribution in [0.2, 0.25) is 0 Å². The van der Waals surface area contributed by atoms with Crippen LogP contribution in [0.4, 0.5) is 17.6 Å². The van der Waals surface area contributed by atoms with E-state index in [9.17, 15) is 36.3 Å². The van der Waals surface area contributed by atoms with Crippen LogP contribution in [0.3, 0.4) is 0 Å². The topological polar surface area (TPSA) is 116 Å². The number of aromatic nitrogens is 1. The molecule has 0 saturated carbocycles. The zero-order chi connectivity index (χ0) is 25.4. The van der Waals surface area contributed by atoms with Gasteiger partial charge in [-0.05, 0) is 17.9 Å². The van der Waals surface area contributed by atoms with Gasteiger partial charge < -0.3 is 18.3 Å². The molecular formula is C21H17F4NO7S. The maximum absolute atomic E-state index is 15.3. The minimum atomic E-state index is -6.02. The minimum absolute atomic E-state index is 0.121. The molecule has 8 nitrogen and oxygen atoms in total. The van der Waals surface area contributed by atoms with Crippen LogP contribution < -0.4 is 9.61 Å². The Morgan fingerprint density at radius 1 is 1.24 bits per heavy atom. The second kappa shape index (κ2) is 7.32. The first-order valence-corrected chi connectivity index (χ1v) is 11.2. The molecule has 13 heteroatoms. The lowest BCUT2D eigenvalue weighted by Gasteiger charge is -2.37. The van der Waals surface area contributed by atoms with Gasteiger partial charge in [-0.15, -0.1) is 0 Å². The molecule has 182 valence electrons. The van der Waals surface area contributed by atoms with E-state index in [-0.39, 0.29) is 17.6 Å². The highest BCUT2D eigenvalue weighted by Crippen LogP contribution is 2.48. The van der Waals surface area contributed by atoms with Crippen molar-refractivity contribution in [1.29, 1.82) is 0 Å². The number of pyridine rings is 1. The number of carbonyl (C=O) groups is 1. The van der Waals surface area contributed by atoms with Gasteiger partial charge in [0, 0.05) is 23.2 Å². The van der Waals surface area contributed by atoms with Crippen LogP contribution in [0, 0.1) is 11.2 Å². The van der Waals surface area contributed by atoms with Gasteiger partial charge >= 0.3 is 21.6 Å². The van der Waals surface area contributed by atoms with Crippen molar-refractivity contribution >= 4 is 27.1 Å². The van der Waals surface area contributed by atoms with E-state index < -0.39 is 66.9 Å². The Kier molecular flexibility index (Phi) is 5.13. The fourth-order valence-electron chi connectivity index (χ4n) is 4.00. The zero-order valence-corrected chi connectivity index (χ0v) is 18.7. The number of halogens is 4. The summed E-state index contributed by atoms with van der Waals surface area (Å²) in [5.41, 5.74) is -8.95. The predicted octanol–water partition coefficient (Wildman–Crippen LogP) is 4.47. The minimum Gasteiger partial charge on any atom is -0.477 e. The van der Waals surface area contributed by atoms with Crippen molar-refractivity contribution in [2.75, 3.05) is 0 Å². The summed E-state index contributed by atoms with van der Waals surface area (Å²) in [5.74, 6) is -4.05. The Morgan fingerprint density at radius 3 is 2.44 bits per heavy atom. The van der Waals surface area contributed by atoms with E-state index >= 15 is 4.39 Å². The van der Waals surface area contributed by atoms with Crippen molar-refractivity contribution in [3.05, 3.63) is 51.6 Å². The Labute approximate surface area is 189 Å². The predicted molar refractivity (Wildman–Crippen MR) is 111 cm³/mol. The molecule has 2 aromatic heterocycles. The van der Waals surface area contributed by atoms with Gasteiger partial charge in [0.2, 0.25) is 5.43 Å². The summed E-state index contributed by atoms with van der Waals surface area (Å²) in [4.78, 5) is 23.9. The highest BCUT2D eigenvalue weighted by atomic mass is 32.2. The number of para-hydroxylation sites is 1. The molecule has 0 spiro atoms. The van der Waals surface area contributed by atoms with Gasteiger partial charge in [-0.1, -0.05) is 32.9 Å². The molecule has 0 amide bonds. The van der Waals surface area contributed by atoms with Crippen molar-refractivity contribution in [1.82, 2.24) is 4.57 Å². The van der Waals surface area contributed by atoms with Crippen LogP contribution in [0.5, 0.6) is 5.75 Å². The van der Waals surface area contributed by atoms with Crippen LogP contribution >= 0.6 is 0 Å². The Morgan fingerprint density at radius 2 is 1.88 bits per heavy atom. The molecule has 0 saturated heterocycles. The molecule has 1 atom stereocenters. The maximum atomic E-state index is 15.3. The van der Waals surface area contributed by atoms with Gasteiger partial charge in [0.15, 0.2) is 22.9 Å². The molecule has 1 aliphatic rings. The first kappa shape index (κ1) is 23.8. The number of hydrogen-bond donors (Lipinski definition) is 1. The zero-order valence-electron chi connectivity index (χ0n) is 17.9. The maximum Gasteiger partial charge on any atom is 0.534 e. The van der Waals surface area contributed by atoms with Crippen molar-refractivity contribution in [2.45, 2.75) is 38.7 Å². The van der Waals surface area contributed by atoms with E-state index in [1.54, 1.807) is 20.8 Å². The molecule has 4 rings (SSSR count). The van der Waals surface area contributed by atoms with Crippen LogP contribution in [0.15, 0.2) is 33.6 Å². The average molecular weight is 503 g/mol. The number of rotatable bonds is 3. The number of carboxylic acid groups (broad SMARTS) is 1. The van der Waals surface area contributed by atoms with E-state index in [4.69, 9.17) is 4.42 Å². The lowest BCUT2D eigenvalue weighted by atomic mass is 9.79. The number of benzene rings is 1. The van der Waals surface area contributed by atoms with E-state index in [0.717, 1.165) is 12.3 Å². The molecule has 0 aliphatic carbocycles. The third-order valence-corrected chi connectivity index (χ3v) is 6.59. The molecular weight excluding hydrogens is 486 g/mol. The number of alkyl halides is 3. The van der Waals surface area contributed by atoms with Crippen LogP contribution in [0.25, 0.3) is 22.4 Å². The molecule has 0 fully saturated rings. The second-order valence-corrected chi connectivity index (χ2v) is 10.4. The van der Waals surface area contributed by atoms with Gasteiger partial charge in [0.05, 0.1) is 0 Å². The monoisotopic (exact) mass is 503 g/mol. The number of carboxylic acids is 1. The Bertz CT molecular complexity index is 1510. The van der Waals surface area contributed by atoms with E-state index in [0.29, 0.717) is 5.56 Å². The molecule has 3 heterocycles. The molecule has 1 aromatic carbocycles. The second-order valence-electron chi connectivity index (χ2n) is 8.86. The van der Waals surface area contributed by atoms with Gasteiger partial charge in [0.25, 0.3) is 0 Å². The van der Waals surface area contributed by atoms with Crippen molar-refractivity contribution in [3.8, 4) is 17.2 Å². The highest BCUT2D eigenvalue weighted by molar-refractivity contribution is 7.88. The first-order valence-electron chi connectivity index (χ1n) is 9.78. The van der Waals surface area contributed by atoms with Gasteiger partial charge in [-0.25, -0.2) is 9.18 Å². The standard InChI is InChI=1S/C21H17F4NO7S/c1-20(2,3)13-7-10-9-5-4-6-12(33-34(30,31)21(23,24)25)17(9)32-18(10)15-14(22)16(27)11(19(28)29)8-26(13)15/h4-6,8,13H,7H2,1-3H3,(H,28,29)/t13-/m0/s1. The number of nitrogens with zero attached hydrogens (tertiary/aromatic N) is 1. The normalized spacial score (nSPS) is 16.3. The number of fused-ring (bicyclic) bond motifs is 5. The number of aromatic carboxylic acids is 1. The number of furan rings is 1. The van der Waals surface area contributed by atoms with Crippen molar-refractivity contribution in [2.24, 2.45) is 5.41 Å². The smallest absolute Gasteiger partial charge is 0.477 e. The lowest BCUT2D eigenvalue weighted by Crippen LogP contribution is -2.34. The molecule has 1 N–H and O–H groups in total. The molecule has 34 heavy (non-hydrogen) atoms. The summed E-state index contributed by atoms with van der Waals surface area (Å²) in [5, 5.41) is 9.50. The van der Waals surface area contributed by atoms with Gasteiger partial charge in [-0.2, -0.15) is 21.6 Å². The van der Waals surface area contributed by atoms with Gasteiger partial charge in [-0.3, -0.25) is 4.79 Å². The van der Waals surface area contributed by atoms with Crippen molar-refractivity contribution in [3.63, 3.8) is 0 Å². The molecule has 1 aliphatic heterocycles. The van der Waals surface area contributed by atoms with E-state index in [1.165, 1.54) is 16.7 Å². The molecule has 0 radical (unpaired) electrons. The van der Waals surface area contributed by atoms with E-state index in [2.05, 4.69) is 4.18 Å². The SMILES string of the molecule is CC(C)(C)[C@@H]1Cc2c(oc3c(OS(=O)(=O)C(F)(F)F)cccc23)-c2c(F)c(=O)c(C(=O)O)cn21. The largest absolute Gasteiger partial charge is 0.534 e. The lowest BCUT2D eigenvalue weighted by molar-refractivity contribution is -0.0499. The quantitative estimate of drug-likeness (QED) is 0.319. The highest BCUT2D eigenvalue weighted by Gasteiger charge is 2.49. The van der Waals surface area contributed by atoms with Crippen LogP contribution in [-0.2, 0) is 16.5 Å². The average Bonchev–Trinajstić information content (AvgIpc) is 3.07. The Hall–Kier alpha value is -3.35. The molecule has 3 aromatic rings. The third-order valence-electron chi connectivity index (χ3n) is 5.62. The summed E-state index contributed by atoms with van der Waals surface area (Å²) in [6.07, 6.45) is 1.12. The van der Waals surface area contributed by atoms with E-state index in [1.807, 2.05) is 0 Å². The first-order chi connectivity index (χ1) is 15.5. The summed E-state index contributed by atoms with van der Waals surface area (Å²) < 4.78 is 88.0. The summed E-state index contributed by atoms with van der Waals surface area (Å²) >= 11 is 0. The van der Waals surface area contributed by atoms with Crippen LogP contribution in [-0.4, -0.2) is 29.6 Å². The molecule has 0 bridgehead atoms. The fraction of sp³-hybridized carbons (Fsp3) is 0.333. The molecule has 0 unspecified atom stereocenters. The number of hydrogen-bond acceptors (Lipinski definition) is 6. The fourth-order valence-corrected chi connectivity index (χ4v) is 4.46.